The number of carbonyl (C=O) groups is 1. The van der Waals surface area contributed by atoms with Crippen LogP contribution in [0.4, 0.5) is 0 Å². The van der Waals surface area contributed by atoms with Gasteiger partial charge in [-0.1, -0.05) is 30.3 Å². The van der Waals surface area contributed by atoms with Gasteiger partial charge in [-0.05, 0) is 19.4 Å². The van der Waals surface area contributed by atoms with Crippen LogP contribution in [0.5, 0.6) is 0 Å². The van der Waals surface area contributed by atoms with Crippen molar-refractivity contribution in [2.24, 2.45) is 7.05 Å². The molecule has 0 aliphatic carbocycles. The first-order valence-electron chi connectivity index (χ1n) is 7.28. The third-order valence-electron chi connectivity index (χ3n) is 3.65. The zero-order chi connectivity index (χ0) is 17.0. The van der Waals surface area contributed by atoms with Crippen LogP contribution < -0.4 is 0 Å². The number of aromatic nitrogens is 3. The molecule has 0 N–H and O–H groups in total. The molecule has 124 valence electrons. The monoisotopic (exact) mass is 336 g/mol. The van der Waals surface area contributed by atoms with Crippen LogP contribution in [0.3, 0.4) is 0 Å². The molecular weight excluding hydrogens is 316 g/mol. The number of nitrogens with zero attached hydrogens (tertiary/aromatic N) is 4. The van der Waals surface area contributed by atoms with Crippen molar-refractivity contribution in [1.29, 1.82) is 0 Å². The Balaban J connectivity index is 2.22. The smallest absolute Gasteiger partial charge is 0.250 e. The number of carbonyl (C=O) groups excluding carboxylic acids is 1. The van der Waals surface area contributed by atoms with E-state index in [0.29, 0.717) is 13.1 Å². The van der Waals surface area contributed by atoms with Gasteiger partial charge in [0, 0.05) is 20.1 Å². The molecule has 0 bridgehead atoms. The van der Waals surface area contributed by atoms with Crippen molar-refractivity contribution >= 4 is 15.7 Å². The molecule has 0 radical (unpaired) electrons. The Morgan fingerprint density at radius 2 is 1.96 bits per heavy atom. The van der Waals surface area contributed by atoms with Crippen LogP contribution >= 0.6 is 0 Å². The van der Waals surface area contributed by atoms with Gasteiger partial charge in [-0.2, -0.15) is 0 Å². The Morgan fingerprint density at radius 1 is 1.30 bits per heavy atom. The molecule has 8 heteroatoms. The minimum atomic E-state index is -3.87. The third kappa shape index (κ3) is 3.58. The minimum Gasteiger partial charge on any atom is -0.338 e. The lowest BCUT2D eigenvalue weighted by Gasteiger charge is -2.24. The summed E-state index contributed by atoms with van der Waals surface area (Å²) in [7, 11) is -2.34. The van der Waals surface area contributed by atoms with Crippen molar-refractivity contribution < 1.29 is 13.2 Å². The van der Waals surface area contributed by atoms with E-state index in [1.54, 1.807) is 0 Å². The summed E-state index contributed by atoms with van der Waals surface area (Å²) < 4.78 is 26.4. The fraction of sp³-hybridized carbons (Fsp3) is 0.400. The molecule has 2 aromatic rings. The molecule has 1 unspecified atom stereocenters. The maximum Gasteiger partial charge on any atom is 0.250 e. The van der Waals surface area contributed by atoms with E-state index in [1.165, 1.54) is 29.8 Å². The Hall–Kier alpha value is -2.22. The summed E-state index contributed by atoms with van der Waals surface area (Å²) in [6.45, 7) is 4.00. The number of rotatable bonds is 6. The second-order valence-corrected chi connectivity index (χ2v) is 7.41. The van der Waals surface area contributed by atoms with E-state index in [-0.39, 0.29) is 5.16 Å². The maximum absolute atomic E-state index is 12.6. The topological polar surface area (TPSA) is 85.2 Å². The Kier molecular flexibility index (Phi) is 5.15. The zero-order valence-electron chi connectivity index (χ0n) is 13.4. The molecule has 0 saturated heterocycles. The van der Waals surface area contributed by atoms with Gasteiger partial charge in [0.25, 0.3) is 0 Å². The molecule has 1 heterocycles. The van der Waals surface area contributed by atoms with Crippen molar-refractivity contribution in [1.82, 2.24) is 19.7 Å². The molecule has 1 aromatic heterocycles. The summed E-state index contributed by atoms with van der Waals surface area (Å²) >= 11 is 0. The van der Waals surface area contributed by atoms with Crippen LogP contribution in [0.2, 0.25) is 0 Å². The highest BCUT2D eigenvalue weighted by molar-refractivity contribution is 7.92. The lowest BCUT2D eigenvalue weighted by Crippen LogP contribution is -2.41. The van der Waals surface area contributed by atoms with Crippen molar-refractivity contribution in [2.45, 2.75) is 30.8 Å². The number of hydrogen-bond donors (Lipinski definition) is 0. The molecule has 1 amide bonds. The van der Waals surface area contributed by atoms with E-state index in [1.807, 2.05) is 37.3 Å². The lowest BCUT2D eigenvalue weighted by molar-refractivity contribution is -0.130. The first kappa shape index (κ1) is 17.1. The van der Waals surface area contributed by atoms with Crippen LogP contribution in [-0.2, 0) is 28.2 Å². The average Bonchev–Trinajstić information content (AvgIpc) is 2.99. The molecule has 0 saturated carbocycles. The van der Waals surface area contributed by atoms with Gasteiger partial charge in [-0.25, -0.2) is 8.42 Å². The number of sulfone groups is 1. The Labute approximate surface area is 135 Å². The molecular formula is C15H20N4O3S. The molecule has 0 spiro atoms. The lowest BCUT2D eigenvalue weighted by atomic mass is 10.2. The number of amides is 1. The van der Waals surface area contributed by atoms with Crippen LogP contribution in [-0.4, -0.2) is 45.8 Å². The first-order chi connectivity index (χ1) is 10.9. The van der Waals surface area contributed by atoms with E-state index in [2.05, 4.69) is 10.2 Å². The van der Waals surface area contributed by atoms with Crippen LogP contribution in [0, 0.1) is 0 Å². The summed E-state index contributed by atoms with van der Waals surface area (Å²) in [6, 6.07) is 9.46. The molecule has 1 atom stereocenters. The van der Waals surface area contributed by atoms with Gasteiger partial charge in [0.15, 0.2) is 0 Å². The molecule has 0 fully saturated rings. The largest absolute Gasteiger partial charge is 0.338 e. The highest BCUT2D eigenvalue weighted by Crippen LogP contribution is 2.16. The van der Waals surface area contributed by atoms with E-state index in [4.69, 9.17) is 0 Å². The third-order valence-corrected chi connectivity index (χ3v) is 5.66. The fourth-order valence-corrected chi connectivity index (χ4v) is 3.57. The standard InChI is InChI=1S/C15H20N4O3S/c1-4-19(10-13-8-6-5-7-9-13)14(20)12(2)23(21,22)15-17-16-11-18(15)3/h5-9,11-12H,4,10H2,1-3H3. The molecule has 23 heavy (non-hydrogen) atoms. The van der Waals surface area contributed by atoms with Crippen molar-refractivity contribution in [2.75, 3.05) is 6.54 Å². The molecule has 2 rings (SSSR count). The van der Waals surface area contributed by atoms with Gasteiger partial charge in [-0.3, -0.25) is 4.79 Å². The van der Waals surface area contributed by atoms with Gasteiger partial charge in [0.1, 0.15) is 11.6 Å². The quantitative estimate of drug-likeness (QED) is 0.786. The van der Waals surface area contributed by atoms with E-state index in [9.17, 15) is 13.2 Å². The summed E-state index contributed by atoms with van der Waals surface area (Å²) in [5.74, 6) is -0.445. The summed E-state index contributed by atoms with van der Waals surface area (Å²) in [5.41, 5.74) is 0.950. The maximum atomic E-state index is 12.6. The Morgan fingerprint density at radius 3 is 2.48 bits per heavy atom. The van der Waals surface area contributed by atoms with Crippen LogP contribution in [0.1, 0.15) is 19.4 Å². The Bertz CT molecular complexity index is 771. The molecule has 7 nitrogen and oxygen atoms in total. The van der Waals surface area contributed by atoms with Gasteiger partial charge in [0.05, 0.1) is 0 Å². The number of benzene rings is 1. The van der Waals surface area contributed by atoms with Crippen molar-refractivity contribution in [3.05, 3.63) is 42.2 Å². The average molecular weight is 336 g/mol. The SMILES string of the molecule is CCN(Cc1ccccc1)C(=O)C(C)S(=O)(=O)c1nncn1C. The highest BCUT2D eigenvalue weighted by Gasteiger charge is 2.35. The molecule has 0 aliphatic heterocycles. The predicted molar refractivity (Wildman–Crippen MR) is 85.2 cm³/mol. The second kappa shape index (κ2) is 6.91. The first-order valence-corrected chi connectivity index (χ1v) is 8.83. The zero-order valence-corrected chi connectivity index (χ0v) is 14.2. The predicted octanol–water partition coefficient (Wildman–Crippen LogP) is 1.03. The summed E-state index contributed by atoms with van der Waals surface area (Å²) in [4.78, 5) is 14.1. The number of aryl methyl sites for hydroxylation is 1. The van der Waals surface area contributed by atoms with Gasteiger partial charge in [-0.15, -0.1) is 10.2 Å². The van der Waals surface area contributed by atoms with Crippen molar-refractivity contribution in [3.63, 3.8) is 0 Å². The van der Waals surface area contributed by atoms with E-state index >= 15 is 0 Å². The fourth-order valence-electron chi connectivity index (χ4n) is 2.23. The van der Waals surface area contributed by atoms with Crippen LogP contribution in [0.25, 0.3) is 0 Å². The molecule has 1 aromatic carbocycles. The van der Waals surface area contributed by atoms with E-state index < -0.39 is 21.0 Å². The second-order valence-electron chi connectivity index (χ2n) is 5.25. The van der Waals surface area contributed by atoms with Gasteiger partial charge >= 0.3 is 0 Å². The van der Waals surface area contributed by atoms with E-state index in [0.717, 1.165) is 5.56 Å². The van der Waals surface area contributed by atoms with Gasteiger partial charge in [0.2, 0.25) is 20.9 Å². The van der Waals surface area contributed by atoms with Gasteiger partial charge < -0.3 is 9.47 Å². The highest BCUT2D eigenvalue weighted by atomic mass is 32.2. The van der Waals surface area contributed by atoms with Crippen LogP contribution in [0.15, 0.2) is 41.8 Å². The summed E-state index contributed by atoms with van der Waals surface area (Å²) in [6.07, 6.45) is 1.30. The normalized spacial score (nSPS) is 12.8. The minimum absolute atomic E-state index is 0.200. The van der Waals surface area contributed by atoms with Crippen molar-refractivity contribution in [3.8, 4) is 0 Å². The molecule has 0 aliphatic rings. The summed E-state index contributed by atoms with van der Waals surface area (Å²) in [5, 5.41) is 5.77. The number of hydrogen-bond acceptors (Lipinski definition) is 5.